The SMILES string of the molecule is CC(C)NC1CCC(NC(=O)CNC(=O)c2cccc(C(F)(F)F)c2)C(C(=O)OC(C)C)C1. The summed E-state index contributed by atoms with van der Waals surface area (Å²) in [5.74, 6) is -2.26. The molecule has 1 aliphatic carbocycles. The van der Waals surface area contributed by atoms with Gasteiger partial charge in [-0.3, -0.25) is 14.4 Å². The number of benzene rings is 1. The van der Waals surface area contributed by atoms with E-state index >= 15 is 0 Å². The van der Waals surface area contributed by atoms with Crippen molar-refractivity contribution in [3.63, 3.8) is 0 Å². The summed E-state index contributed by atoms with van der Waals surface area (Å²) in [4.78, 5) is 37.3. The fraction of sp³-hybridized carbons (Fsp3) is 0.609. The van der Waals surface area contributed by atoms with Crippen LogP contribution in [0.4, 0.5) is 13.2 Å². The summed E-state index contributed by atoms with van der Waals surface area (Å²) in [7, 11) is 0. The molecule has 1 aromatic carbocycles. The van der Waals surface area contributed by atoms with Crippen molar-refractivity contribution in [3.8, 4) is 0 Å². The summed E-state index contributed by atoms with van der Waals surface area (Å²) in [6, 6.07) is 3.87. The van der Waals surface area contributed by atoms with Crippen LogP contribution >= 0.6 is 0 Å². The minimum atomic E-state index is -4.57. The van der Waals surface area contributed by atoms with Gasteiger partial charge in [0.2, 0.25) is 5.91 Å². The van der Waals surface area contributed by atoms with Gasteiger partial charge in [0.05, 0.1) is 24.1 Å². The second-order valence-corrected chi connectivity index (χ2v) is 8.86. The Labute approximate surface area is 191 Å². The van der Waals surface area contributed by atoms with Gasteiger partial charge >= 0.3 is 12.1 Å². The Morgan fingerprint density at radius 1 is 1.12 bits per heavy atom. The first-order chi connectivity index (χ1) is 15.4. The monoisotopic (exact) mass is 471 g/mol. The number of hydrogen-bond donors (Lipinski definition) is 3. The van der Waals surface area contributed by atoms with Crippen molar-refractivity contribution in [2.75, 3.05) is 6.54 Å². The average molecular weight is 472 g/mol. The third-order valence-electron chi connectivity index (χ3n) is 5.28. The van der Waals surface area contributed by atoms with E-state index in [1.165, 1.54) is 6.07 Å². The number of ether oxygens (including phenoxy) is 1. The Hall–Kier alpha value is -2.62. The van der Waals surface area contributed by atoms with E-state index < -0.39 is 48.0 Å². The number of hydrogen-bond acceptors (Lipinski definition) is 5. The van der Waals surface area contributed by atoms with Crippen LogP contribution in [0.3, 0.4) is 0 Å². The second kappa shape index (κ2) is 11.5. The molecule has 2 rings (SSSR count). The van der Waals surface area contributed by atoms with E-state index in [4.69, 9.17) is 4.74 Å². The van der Waals surface area contributed by atoms with Crippen LogP contribution in [-0.4, -0.2) is 48.6 Å². The number of halogens is 3. The van der Waals surface area contributed by atoms with Crippen LogP contribution in [0.25, 0.3) is 0 Å². The van der Waals surface area contributed by atoms with Gasteiger partial charge in [0.25, 0.3) is 5.91 Å². The minimum absolute atomic E-state index is 0.114. The zero-order valence-electron chi connectivity index (χ0n) is 19.3. The average Bonchev–Trinajstić information content (AvgIpc) is 2.71. The van der Waals surface area contributed by atoms with Gasteiger partial charge < -0.3 is 20.7 Å². The molecule has 1 aromatic rings. The Morgan fingerprint density at radius 3 is 2.42 bits per heavy atom. The summed E-state index contributed by atoms with van der Waals surface area (Å²) < 4.78 is 43.9. The maximum absolute atomic E-state index is 12.8. The topological polar surface area (TPSA) is 96.5 Å². The van der Waals surface area contributed by atoms with E-state index in [1.54, 1.807) is 13.8 Å². The van der Waals surface area contributed by atoms with Gasteiger partial charge in [-0.05, 0) is 51.3 Å². The molecule has 0 aliphatic heterocycles. The number of carbonyl (C=O) groups is 3. The molecule has 0 aromatic heterocycles. The summed E-state index contributed by atoms with van der Waals surface area (Å²) in [5.41, 5.74) is -1.14. The number of amides is 2. The van der Waals surface area contributed by atoms with Crippen LogP contribution in [0, 0.1) is 5.92 Å². The number of nitrogens with one attached hydrogen (secondary N) is 3. The van der Waals surface area contributed by atoms with Crippen LogP contribution in [-0.2, 0) is 20.5 Å². The third kappa shape index (κ3) is 8.34. The molecule has 33 heavy (non-hydrogen) atoms. The van der Waals surface area contributed by atoms with Crippen molar-refractivity contribution < 1.29 is 32.3 Å². The normalized spacial score (nSPS) is 21.1. The summed E-state index contributed by atoms with van der Waals surface area (Å²) in [6.45, 7) is 7.11. The quantitative estimate of drug-likeness (QED) is 0.507. The highest BCUT2D eigenvalue weighted by molar-refractivity contribution is 5.96. The smallest absolute Gasteiger partial charge is 0.416 e. The van der Waals surface area contributed by atoms with E-state index in [-0.39, 0.29) is 23.8 Å². The first kappa shape index (κ1) is 26.6. The molecule has 0 heterocycles. The molecule has 2 amide bonds. The molecule has 184 valence electrons. The Bertz CT molecular complexity index is 842. The van der Waals surface area contributed by atoms with Gasteiger partial charge in [0.1, 0.15) is 0 Å². The maximum Gasteiger partial charge on any atom is 0.416 e. The van der Waals surface area contributed by atoms with Gasteiger partial charge in [-0.2, -0.15) is 13.2 Å². The second-order valence-electron chi connectivity index (χ2n) is 8.86. The highest BCUT2D eigenvalue weighted by Crippen LogP contribution is 2.29. The van der Waals surface area contributed by atoms with Crippen molar-refractivity contribution in [3.05, 3.63) is 35.4 Å². The highest BCUT2D eigenvalue weighted by Gasteiger charge is 2.37. The molecular formula is C23H32F3N3O4. The molecule has 10 heteroatoms. The molecule has 1 aliphatic rings. The van der Waals surface area contributed by atoms with Gasteiger partial charge in [0.15, 0.2) is 0 Å². The zero-order valence-corrected chi connectivity index (χ0v) is 19.3. The number of rotatable bonds is 8. The summed E-state index contributed by atoms with van der Waals surface area (Å²) in [6.07, 6.45) is -3.05. The molecule has 1 fully saturated rings. The predicted octanol–water partition coefficient (Wildman–Crippen LogP) is 3.04. The van der Waals surface area contributed by atoms with Crippen LogP contribution in [0.5, 0.6) is 0 Å². The summed E-state index contributed by atoms with van der Waals surface area (Å²) in [5, 5.41) is 8.52. The zero-order chi connectivity index (χ0) is 24.8. The standard InChI is InChI=1S/C23H32F3N3O4/c1-13(2)28-17-8-9-19(18(11-17)22(32)33-14(3)4)29-20(30)12-27-21(31)15-6-5-7-16(10-15)23(24,25)26/h5-7,10,13-14,17-19,28H,8-9,11-12H2,1-4H3,(H,27,31)(H,29,30). The van der Waals surface area contributed by atoms with Crippen molar-refractivity contribution >= 4 is 17.8 Å². The molecule has 0 radical (unpaired) electrons. The molecule has 1 saturated carbocycles. The maximum atomic E-state index is 12.8. The Kier molecular flexibility index (Phi) is 9.27. The van der Waals surface area contributed by atoms with Crippen LogP contribution < -0.4 is 16.0 Å². The van der Waals surface area contributed by atoms with Gasteiger partial charge in [-0.15, -0.1) is 0 Å². The van der Waals surface area contributed by atoms with Crippen LogP contribution in [0.2, 0.25) is 0 Å². The number of alkyl halides is 3. The van der Waals surface area contributed by atoms with Crippen molar-refractivity contribution in [2.45, 2.75) is 77.4 Å². The lowest BCUT2D eigenvalue weighted by Gasteiger charge is -2.36. The molecular weight excluding hydrogens is 439 g/mol. The fourth-order valence-electron chi connectivity index (χ4n) is 3.90. The van der Waals surface area contributed by atoms with Gasteiger partial charge in [-0.25, -0.2) is 0 Å². The first-order valence-corrected chi connectivity index (χ1v) is 11.1. The minimum Gasteiger partial charge on any atom is -0.463 e. The van der Waals surface area contributed by atoms with Gasteiger partial charge in [0, 0.05) is 23.7 Å². The predicted molar refractivity (Wildman–Crippen MR) is 116 cm³/mol. The number of esters is 1. The van der Waals surface area contributed by atoms with Crippen LogP contribution in [0.1, 0.15) is 62.9 Å². The molecule has 3 atom stereocenters. The molecule has 3 unspecified atom stereocenters. The highest BCUT2D eigenvalue weighted by atomic mass is 19.4. The Balaban J connectivity index is 1.97. The van der Waals surface area contributed by atoms with E-state index in [2.05, 4.69) is 16.0 Å². The Morgan fingerprint density at radius 2 is 1.82 bits per heavy atom. The third-order valence-corrected chi connectivity index (χ3v) is 5.28. The molecule has 3 N–H and O–H groups in total. The lowest BCUT2D eigenvalue weighted by molar-refractivity contribution is -0.155. The van der Waals surface area contributed by atoms with E-state index in [1.807, 2.05) is 13.8 Å². The van der Waals surface area contributed by atoms with Crippen LogP contribution in [0.15, 0.2) is 24.3 Å². The molecule has 0 spiro atoms. The lowest BCUT2D eigenvalue weighted by atomic mass is 9.81. The first-order valence-electron chi connectivity index (χ1n) is 11.1. The van der Waals surface area contributed by atoms with Crippen molar-refractivity contribution in [2.24, 2.45) is 5.92 Å². The van der Waals surface area contributed by atoms with Crippen molar-refractivity contribution in [1.29, 1.82) is 0 Å². The van der Waals surface area contributed by atoms with E-state index in [0.717, 1.165) is 24.6 Å². The van der Waals surface area contributed by atoms with E-state index in [9.17, 15) is 27.6 Å². The molecule has 0 saturated heterocycles. The fourth-order valence-corrected chi connectivity index (χ4v) is 3.90. The molecule has 0 bridgehead atoms. The lowest BCUT2D eigenvalue weighted by Crippen LogP contribution is -2.53. The van der Waals surface area contributed by atoms with Gasteiger partial charge in [-0.1, -0.05) is 19.9 Å². The van der Waals surface area contributed by atoms with Crippen molar-refractivity contribution in [1.82, 2.24) is 16.0 Å². The summed E-state index contributed by atoms with van der Waals surface area (Å²) >= 11 is 0. The molecule has 7 nitrogen and oxygen atoms in total. The largest absolute Gasteiger partial charge is 0.463 e. The number of carbonyl (C=O) groups excluding carboxylic acids is 3. The van der Waals surface area contributed by atoms with E-state index in [0.29, 0.717) is 12.8 Å².